The Labute approximate surface area is 287 Å². The highest BCUT2D eigenvalue weighted by molar-refractivity contribution is 5.86. The van der Waals surface area contributed by atoms with E-state index in [4.69, 9.17) is 14.7 Å². The van der Waals surface area contributed by atoms with Gasteiger partial charge in [-0.2, -0.15) is 0 Å². The van der Waals surface area contributed by atoms with Crippen LogP contribution in [0.15, 0.2) is 60.9 Å². The molecule has 0 spiro atoms. The highest BCUT2D eigenvalue weighted by atomic mass is 16.6. The Kier molecular flexibility index (Phi) is 8.00. The summed E-state index contributed by atoms with van der Waals surface area (Å²) in [6.45, 7) is -0.452. The Balaban J connectivity index is 1.07. The van der Waals surface area contributed by atoms with E-state index < -0.39 is 12.2 Å². The number of hydrogen-bond acceptors (Lipinski definition) is 8. The molecule has 4 fully saturated rings. The fraction of sp³-hybridized carbons (Fsp3) is 0.389. The Bertz CT molecular complexity index is 1960. The van der Waals surface area contributed by atoms with Crippen molar-refractivity contribution in [3.8, 4) is 33.6 Å². The standard InChI is InChI=1S/C36H38N8O6/c1-37-35(47)50-18-32(46)44-28-12-22(28)14-30(44)33-38-15-25(41-33)20-8-9-23(19-6-4-3-5-7-19)24(10-20)26-16-39-34(42-26)29-13-21-11-27(21)43(29)31(45)17-40-36(48)49-2/h3-10,15-16,21-22,27-30H,11-14,17-18H2,1-2H3,(H,37,47)(H,38,41)(H,39,42)(H,40,48)/t21-,22-,27-,28-,29+,30+/m1/s1. The molecular weight excluding hydrogens is 640 g/mol. The average molecular weight is 679 g/mol. The molecule has 2 aliphatic heterocycles. The molecular formula is C36H38N8O6. The molecule has 0 unspecified atom stereocenters. The number of benzene rings is 2. The third kappa shape index (κ3) is 5.84. The first-order valence-electron chi connectivity index (χ1n) is 16.9. The molecule has 2 aliphatic carbocycles. The topological polar surface area (TPSA) is 175 Å². The van der Waals surface area contributed by atoms with E-state index in [0.29, 0.717) is 23.5 Å². The largest absolute Gasteiger partial charge is 0.453 e. The van der Waals surface area contributed by atoms with Gasteiger partial charge in [-0.15, -0.1) is 0 Å². The van der Waals surface area contributed by atoms with E-state index in [9.17, 15) is 19.2 Å². The van der Waals surface area contributed by atoms with Crippen molar-refractivity contribution in [2.75, 3.05) is 27.3 Å². The lowest BCUT2D eigenvalue weighted by Gasteiger charge is -2.26. The Morgan fingerprint density at radius 3 is 2.08 bits per heavy atom. The molecule has 0 bridgehead atoms. The van der Waals surface area contributed by atoms with Crippen LogP contribution in [0.3, 0.4) is 0 Å². The Hall–Kier alpha value is -5.66. The number of rotatable bonds is 9. The summed E-state index contributed by atoms with van der Waals surface area (Å²) in [5.41, 5.74) is 5.51. The van der Waals surface area contributed by atoms with Crippen LogP contribution in [0.1, 0.15) is 49.4 Å². The number of aromatic nitrogens is 4. The number of carbonyl (C=O) groups is 4. The number of hydrogen-bond donors (Lipinski definition) is 4. The SMILES string of the molecule is CNC(=O)OCC(=O)N1[C@@H]2C[C@@H]2C[C@H]1c1ncc(-c2ccc(-c3ccccc3)c(-c3cnc([C@@H]4C[C@H]5C[C@H]5N4C(=O)CNC(=O)OC)[nH]3)c2)[nH]1. The van der Waals surface area contributed by atoms with E-state index in [1.165, 1.54) is 14.2 Å². The van der Waals surface area contributed by atoms with Crippen molar-refractivity contribution in [1.82, 2.24) is 40.4 Å². The maximum Gasteiger partial charge on any atom is 0.407 e. The van der Waals surface area contributed by atoms with Gasteiger partial charge in [0.05, 0.1) is 43.0 Å². The minimum atomic E-state index is -0.641. The molecule has 2 saturated heterocycles. The van der Waals surface area contributed by atoms with Crippen LogP contribution in [0.25, 0.3) is 33.6 Å². The van der Waals surface area contributed by atoms with Gasteiger partial charge in [0, 0.05) is 30.3 Å². The number of piperidine rings is 2. The number of fused-ring (bicyclic) bond motifs is 2. The first kappa shape index (κ1) is 31.6. The lowest BCUT2D eigenvalue weighted by atomic mass is 9.95. The van der Waals surface area contributed by atoms with Crippen molar-refractivity contribution in [2.45, 2.75) is 49.9 Å². The van der Waals surface area contributed by atoms with E-state index in [1.54, 1.807) is 6.20 Å². The number of nitrogens with one attached hydrogen (secondary N) is 4. The molecule has 4 heterocycles. The van der Waals surface area contributed by atoms with Gasteiger partial charge in [0.15, 0.2) is 6.61 Å². The van der Waals surface area contributed by atoms with Crippen LogP contribution < -0.4 is 10.6 Å². The van der Waals surface area contributed by atoms with Crippen molar-refractivity contribution in [3.05, 3.63) is 72.6 Å². The Morgan fingerprint density at radius 2 is 1.42 bits per heavy atom. The number of imidazole rings is 2. The average Bonchev–Trinajstić information content (AvgIpc) is 3.73. The quantitative estimate of drug-likeness (QED) is 0.204. The van der Waals surface area contributed by atoms with Crippen LogP contribution in [0.4, 0.5) is 9.59 Å². The molecule has 4 N–H and O–H groups in total. The van der Waals surface area contributed by atoms with Gasteiger partial charge in [0.1, 0.15) is 18.2 Å². The summed E-state index contributed by atoms with van der Waals surface area (Å²) in [5, 5.41) is 4.89. The predicted molar refractivity (Wildman–Crippen MR) is 180 cm³/mol. The molecule has 14 nitrogen and oxygen atoms in total. The number of amides is 4. The van der Waals surface area contributed by atoms with Gasteiger partial charge in [-0.3, -0.25) is 9.59 Å². The van der Waals surface area contributed by atoms with Crippen LogP contribution >= 0.6 is 0 Å². The monoisotopic (exact) mass is 678 g/mol. The summed E-state index contributed by atoms with van der Waals surface area (Å²) in [6, 6.07) is 16.2. The number of methoxy groups -OCH3 is 1. The van der Waals surface area contributed by atoms with Crippen molar-refractivity contribution >= 4 is 24.0 Å². The molecule has 2 aromatic carbocycles. The van der Waals surface area contributed by atoms with Crippen LogP contribution in [-0.2, 0) is 19.1 Å². The van der Waals surface area contributed by atoms with Gasteiger partial charge in [-0.25, -0.2) is 19.6 Å². The van der Waals surface area contributed by atoms with Crippen LogP contribution in [0, 0.1) is 11.8 Å². The number of nitrogens with zero attached hydrogens (tertiary/aromatic N) is 4. The molecule has 4 aromatic rings. The number of carbonyl (C=O) groups excluding carboxylic acids is 4. The van der Waals surface area contributed by atoms with E-state index >= 15 is 0 Å². The van der Waals surface area contributed by atoms with Gasteiger partial charge in [0.25, 0.3) is 5.91 Å². The summed E-state index contributed by atoms with van der Waals surface area (Å²) in [5.74, 6) is 1.86. The molecule has 4 amide bonds. The van der Waals surface area contributed by atoms with E-state index in [0.717, 1.165) is 59.3 Å². The summed E-state index contributed by atoms with van der Waals surface area (Å²) < 4.78 is 9.70. The molecule has 14 heteroatoms. The van der Waals surface area contributed by atoms with E-state index in [1.807, 2.05) is 40.3 Å². The molecule has 258 valence electrons. The lowest BCUT2D eigenvalue weighted by molar-refractivity contribution is -0.136. The third-order valence-electron chi connectivity index (χ3n) is 10.4. The maximum atomic E-state index is 13.2. The number of likely N-dealkylation sites (tertiary alicyclic amines) is 2. The molecule has 2 aromatic heterocycles. The zero-order chi connectivity index (χ0) is 34.5. The van der Waals surface area contributed by atoms with Crippen molar-refractivity contribution < 1.29 is 28.7 Å². The first-order chi connectivity index (χ1) is 24.3. The highest BCUT2D eigenvalue weighted by Gasteiger charge is 2.56. The minimum absolute atomic E-state index is 0.135. The summed E-state index contributed by atoms with van der Waals surface area (Å²) in [4.78, 5) is 69.7. The van der Waals surface area contributed by atoms with Gasteiger partial charge in [-0.1, -0.05) is 42.5 Å². The van der Waals surface area contributed by atoms with Gasteiger partial charge in [0.2, 0.25) is 5.91 Å². The second-order valence-corrected chi connectivity index (χ2v) is 13.4. The number of alkyl carbamates (subject to hydrolysis) is 2. The second kappa shape index (κ2) is 12.7. The smallest absolute Gasteiger partial charge is 0.407 e. The van der Waals surface area contributed by atoms with Gasteiger partial charge >= 0.3 is 12.2 Å². The molecule has 4 aliphatic rings. The number of aromatic amines is 2. The van der Waals surface area contributed by atoms with Crippen molar-refractivity contribution in [3.63, 3.8) is 0 Å². The van der Waals surface area contributed by atoms with Crippen LogP contribution in [-0.4, -0.2) is 93.1 Å². The number of H-pyrrole nitrogens is 2. The van der Waals surface area contributed by atoms with E-state index in [2.05, 4.69) is 49.6 Å². The van der Waals surface area contributed by atoms with Gasteiger partial charge < -0.3 is 39.9 Å². The molecule has 0 radical (unpaired) electrons. The summed E-state index contributed by atoms with van der Waals surface area (Å²) >= 11 is 0. The minimum Gasteiger partial charge on any atom is -0.453 e. The molecule has 50 heavy (non-hydrogen) atoms. The predicted octanol–water partition coefficient (Wildman–Crippen LogP) is 4.17. The fourth-order valence-corrected chi connectivity index (χ4v) is 7.80. The first-order valence-corrected chi connectivity index (χ1v) is 16.9. The summed E-state index contributed by atoms with van der Waals surface area (Å²) in [6.07, 6.45) is 5.84. The van der Waals surface area contributed by atoms with Crippen molar-refractivity contribution in [1.29, 1.82) is 0 Å². The van der Waals surface area contributed by atoms with Crippen LogP contribution in [0.5, 0.6) is 0 Å². The Morgan fingerprint density at radius 1 is 0.780 bits per heavy atom. The highest BCUT2D eigenvalue weighted by Crippen LogP contribution is 2.54. The summed E-state index contributed by atoms with van der Waals surface area (Å²) in [7, 11) is 2.73. The molecule has 2 saturated carbocycles. The van der Waals surface area contributed by atoms with Crippen molar-refractivity contribution in [2.24, 2.45) is 11.8 Å². The lowest BCUT2D eigenvalue weighted by Crippen LogP contribution is -2.41. The third-order valence-corrected chi connectivity index (χ3v) is 10.4. The molecule has 8 rings (SSSR count). The van der Waals surface area contributed by atoms with Crippen LogP contribution in [0.2, 0.25) is 0 Å². The van der Waals surface area contributed by atoms with E-state index in [-0.39, 0.29) is 49.1 Å². The maximum absolute atomic E-state index is 13.2. The normalized spacial score (nSPS) is 24.3. The second-order valence-electron chi connectivity index (χ2n) is 13.4. The molecule has 6 atom stereocenters. The fourth-order valence-electron chi connectivity index (χ4n) is 7.80. The number of ether oxygens (including phenoxy) is 2. The zero-order valence-electron chi connectivity index (χ0n) is 27.7. The van der Waals surface area contributed by atoms with Gasteiger partial charge in [-0.05, 0) is 54.7 Å². The zero-order valence-corrected chi connectivity index (χ0v) is 27.7.